The molecule has 2 rings (SSSR count). The monoisotopic (exact) mass is 357 g/mol. The highest BCUT2D eigenvalue weighted by Gasteiger charge is 2.15. The Morgan fingerprint density at radius 2 is 1.42 bits per heavy atom. The zero-order valence-corrected chi connectivity index (χ0v) is 14.5. The topological polar surface area (TPSA) is 84.9 Å². The van der Waals surface area contributed by atoms with Gasteiger partial charge in [-0.3, -0.25) is 4.79 Å². The van der Waals surface area contributed by atoms with Gasteiger partial charge >= 0.3 is 12.1 Å². The molecule has 2 aromatic carbocycles. The summed E-state index contributed by atoms with van der Waals surface area (Å²) in [4.78, 5) is 23.6. The maximum atomic E-state index is 11.8. The van der Waals surface area contributed by atoms with Gasteiger partial charge in [-0.2, -0.15) is 0 Å². The lowest BCUT2D eigenvalue weighted by Crippen LogP contribution is -2.38. The summed E-state index contributed by atoms with van der Waals surface area (Å²) in [6.07, 6.45) is -0.271. The summed E-state index contributed by atoms with van der Waals surface area (Å²) in [5, 5.41) is 11.9. The van der Waals surface area contributed by atoms with Crippen molar-refractivity contribution >= 4 is 12.1 Å². The van der Waals surface area contributed by atoms with Gasteiger partial charge in [0.05, 0.1) is 12.6 Å². The molecule has 0 aromatic heterocycles. The van der Waals surface area contributed by atoms with Crippen molar-refractivity contribution in [2.24, 2.45) is 0 Å². The summed E-state index contributed by atoms with van der Waals surface area (Å²) in [6.45, 7) is 0.0619. The molecule has 1 atom stereocenters. The fourth-order valence-corrected chi connectivity index (χ4v) is 2.24. The maximum Gasteiger partial charge on any atom is 0.407 e. The van der Waals surface area contributed by atoms with Crippen molar-refractivity contribution in [2.45, 2.75) is 32.1 Å². The van der Waals surface area contributed by atoms with Crippen LogP contribution in [-0.4, -0.2) is 29.8 Å². The van der Waals surface area contributed by atoms with Crippen molar-refractivity contribution in [3.63, 3.8) is 0 Å². The lowest BCUT2D eigenvalue weighted by molar-refractivity contribution is -0.145. The van der Waals surface area contributed by atoms with Gasteiger partial charge in [0.2, 0.25) is 0 Å². The van der Waals surface area contributed by atoms with Gasteiger partial charge < -0.3 is 19.9 Å². The molecule has 1 unspecified atom stereocenters. The van der Waals surface area contributed by atoms with Crippen molar-refractivity contribution < 1.29 is 24.2 Å². The standard InChI is InChI=1S/C20H23NO5/c22-13-18(21-20(24)26-15-17-9-5-2-6-10-17)11-12-19(23)25-14-16-7-3-1-4-8-16/h1-10,18,22H,11-15H2,(H,21,24). The van der Waals surface area contributed by atoms with E-state index >= 15 is 0 Å². The van der Waals surface area contributed by atoms with Crippen LogP contribution < -0.4 is 5.32 Å². The summed E-state index contributed by atoms with van der Waals surface area (Å²) in [5.74, 6) is -0.383. The Morgan fingerprint density at radius 3 is 1.96 bits per heavy atom. The van der Waals surface area contributed by atoms with Gasteiger partial charge in [0.1, 0.15) is 13.2 Å². The van der Waals surface area contributed by atoms with E-state index in [0.717, 1.165) is 11.1 Å². The zero-order valence-electron chi connectivity index (χ0n) is 14.5. The average Bonchev–Trinajstić information content (AvgIpc) is 2.69. The van der Waals surface area contributed by atoms with Crippen LogP contribution in [0.4, 0.5) is 4.79 Å². The van der Waals surface area contributed by atoms with Crippen LogP contribution in [0.1, 0.15) is 24.0 Å². The van der Waals surface area contributed by atoms with Crippen LogP contribution >= 0.6 is 0 Å². The van der Waals surface area contributed by atoms with E-state index in [2.05, 4.69) is 5.32 Å². The second kappa shape index (κ2) is 10.9. The maximum absolute atomic E-state index is 11.8. The SMILES string of the molecule is O=C(CCC(CO)NC(=O)OCc1ccccc1)OCc1ccccc1. The van der Waals surface area contributed by atoms with Gasteiger partial charge in [0.25, 0.3) is 0 Å². The van der Waals surface area contributed by atoms with E-state index in [1.165, 1.54) is 0 Å². The van der Waals surface area contributed by atoms with Crippen LogP contribution in [0.2, 0.25) is 0 Å². The number of esters is 1. The minimum Gasteiger partial charge on any atom is -0.461 e. The van der Waals surface area contributed by atoms with Crippen molar-refractivity contribution in [1.82, 2.24) is 5.32 Å². The highest BCUT2D eigenvalue weighted by Crippen LogP contribution is 2.05. The Hall–Kier alpha value is -2.86. The lowest BCUT2D eigenvalue weighted by Gasteiger charge is -2.16. The van der Waals surface area contributed by atoms with Crippen LogP contribution in [0, 0.1) is 0 Å². The summed E-state index contributed by atoms with van der Waals surface area (Å²) in [6, 6.07) is 18.1. The minimum atomic E-state index is -0.634. The fraction of sp³-hybridized carbons (Fsp3) is 0.300. The molecule has 6 heteroatoms. The third-order valence-electron chi connectivity index (χ3n) is 3.69. The molecule has 2 N–H and O–H groups in total. The number of carbonyl (C=O) groups excluding carboxylic acids is 2. The van der Waals surface area contributed by atoms with E-state index in [1.807, 2.05) is 60.7 Å². The number of ether oxygens (including phenoxy) is 2. The Bertz CT molecular complexity index is 675. The predicted octanol–water partition coefficient (Wildman–Crippen LogP) is 2.80. The highest BCUT2D eigenvalue weighted by molar-refractivity contribution is 5.70. The number of hydrogen-bond acceptors (Lipinski definition) is 5. The molecule has 0 aliphatic heterocycles. The first-order chi connectivity index (χ1) is 12.7. The largest absolute Gasteiger partial charge is 0.461 e. The highest BCUT2D eigenvalue weighted by atomic mass is 16.5. The number of rotatable bonds is 9. The zero-order chi connectivity index (χ0) is 18.6. The van der Waals surface area contributed by atoms with Crippen LogP contribution in [0.15, 0.2) is 60.7 Å². The third-order valence-corrected chi connectivity index (χ3v) is 3.69. The van der Waals surface area contributed by atoms with E-state index in [4.69, 9.17) is 9.47 Å². The molecule has 26 heavy (non-hydrogen) atoms. The Kier molecular flexibility index (Phi) is 8.15. The second-order valence-corrected chi connectivity index (χ2v) is 5.77. The molecule has 138 valence electrons. The predicted molar refractivity (Wildman–Crippen MR) is 96.1 cm³/mol. The van der Waals surface area contributed by atoms with Crippen LogP contribution in [0.25, 0.3) is 0 Å². The quantitative estimate of drug-likeness (QED) is 0.674. The number of nitrogens with one attached hydrogen (secondary N) is 1. The Morgan fingerprint density at radius 1 is 0.885 bits per heavy atom. The first kappa shape index (κ1) is 19.5. The van der Waals surface area contributed by atoms with E-state index in [9.17, 15) is 14.7 Å². The van der Waals surface area contributed by atoms with E-state index in [1.54, 1.807) is 0 Å². The molecule has 0 spiro atoms. The van der Waals surface area contributed by atoms with Crippen LogP contribution in [0.5, 0.6) is 0 Å². The first-order valence-electron chi connectivity index (χ1n) is 8.45. The molecule has 0 fully saturated rings. The van der Waals surface area contributed by atoms with Crippen LogP contribution in [-0.2, 0) is 27.5 Å². The Labute approximate surface area is 152 Å². The van der Waals surface area contributed by atoms with Crippen molar-refractivity contribution in [2.75, 3.05) is 6.61 Å². The van der Waals surface area contributed by atoms with Gasteiger partial charge in [0.15, 0.2) is 0 Å². The first-order valence-corrected chi connectivity index (χ1v) is 8.45. The van der Waals surface area contributed by atoms with Gasteiger partial charge in [0, 0.05) is 6.42 Å². The lowest BCUT2D eigenvalue weighted by atomic mass is 10.1. The number of aliphatic hydroxyl groups is 1. The molecule has 0 saturated carbocycles. The van der Waals surface area contributed by atoms with Gasteiger partial charge in [-0.05, 0) is 17.5 Å². The smallest absolute Gasteiger partial charge is 0.407 e. The number of aliphatic hydroxyl groups excluding tert-OH is 1. The number of alkyl carbamates (subject to hydrolysis) is 1. The number of hydrogen-bond donors (Lipinski definition) is 2. The minimum absolute atomic E-state index is 0.0943. The molecule has 6 nitrogen and oxygen atoms in total. The van der Waals surface area contributed by atoms with E-state index in [0.29, 0.717) is 0 Å². The number of benzene rings is 2. The van der Waals surface area contributed by atoms with Gasteiger partial charge in [-0.1, -0.05) is 60.7 Å². The number of carbonyl (C=O) groups is 2. The average molecular weight is 357 g/mol. The summed E-state index contributed by atoms with van der Waals surface area (Å²) < 4.78 is 10.3. The van der Waals surface area contributed by atoms with Crippen molar-refractivity contribution in [3.8, 4) is 0 Å². The summed E-state index contributed by atoms with van der Waals surface area (Å²) in [7, 11) is 0. The fourth-order valence-electron chi connectivity index (χ4n) is 2.24. The van der Waals surface area contributed by atoms with Crippen molar-refractivity contribution in [3.05, 3.63) is 71.8 Å². The number of amides is 1. The Balaban J connectivity index is 1.66. The van der Waals surface area contributed by atoms with Gasteiger partial charge in [-0.25, -0.2) is 4.79 Å². The molecule has 0 radical (unpaired) electrons. The molecule has 0 saturated heterocycles. The van der Waals surface area contributed by atoms with E-state index < -0.39 is 12.1 Å². The molecular weight excluding hydrogens is 334 g/mol. The summed E-state index contributed by atoms with van der Waals surface area (Å²) in [5.41, 5.74) is 1.77. The van der Waals surface area contributed by atoms with E-state index in [-0.39, 0.29) is 38.6 Å². The van der Waals surface area contributed by atoms with Crippen LogP contribution in [0.3, 0.4) is 0 Å². The van der Waals surface area contributed by atoms with Crippen molar-refractivity contribution in [1.29, 1.82) is 0 Å². The molecule has 0 aliphatic carbocycles. The molecule has 2 aromatic rings. The van der Waals surface area contributed by atoms with Gasteiger partial charge in [-0.15, -0.1) is 0 Å². The summed E-state index contributed by atoms with van der Waals surface area (Å²) >= 11 is 0. The molecule has 0 heterocycles. The normalized spacial score (nSPS) is 11.4. The molecule has 0 aliphatic rings. The molecule has 0 bridgehead atoms. The second-order valence-electron chi connectivity index (χ2n) is 5.77. The molecular formula is C20H23NO5. The molecule has 1 amide bonds. The third kappa shape index (κ3) is 7.36.